The highest BCUT2D eigenvalue weighted by Gasteiger charge is 2.39. The molecule has 0 radical (unpaired) electrons. The van der Waals surface area contributed by atoms with Gasteiger partial charge < -0.3 is 19.4 Å². The molecule has 0 aliphatic carbocycles. The van der Waals surface area contributed by atoms with Crippen molar-refractivity contribution in [1.29, 1.82) is 0 Å². The zero-order valence-corrected chi connectivity index (χ0v) is 18.0. The highest BCUT2D eigenvalue weighted by molar-refractivity contribution is 6.05. The lowest BCUT2D eigenvalue weighted by Crippen LogP contribution is -2.50. The first-order valence-electron chi connectivity index (χ1n) is 11.1. The van der Waals surface area contributed by atoms with E-state index in [-0.39, 0.29) is 29.0 Å². The number of phenolic OH excluding ortho intramolecular Hbond substituents is 1. The van der Waals surface area contributed by atoms with Crippen molar-refractivity contribution in [1.82, 2.24) is 19.9 Å². The normalized spacial score (nSPS) is 21.3. The number of benzene rings is 2. The van der Waals surface area contributed by atoms with E-state index in [1.807, 2.05) is 29.2 Å². The van der Waals surface area contributed by atoms with Crippen LogP contribution in [0.4, 0.5) is 0 Å². The van der Waals surface area contributed by atoms with Gasteiger partial charge in [-0.05, 0) is 44.1 Å². The van der Waals surface area contributed by atoms with Crippen LogP contribution in [0.5, 0.6) is 5.75 Å². The Morgan fingerprint density at radius 1 is 1.09 bits per heavy atom. The summed E-state index contributed by atoms with van der Waals surface area (Å²) in [5.41, 5.74) is 0.237. The number of phenols is 1. The van der Waals surface area contributed by atoms with Crippen molar-refractivity contribution in [3.05, 3.63) is 53.7 Å². The Balaban J connectivity index is 1.35. The van der Waals surface area contributed by atoms with Crippen LogP contribution in [0, 0.1) is 6.92 Å². The van der Waals surface area contributed by atoms with Crippen LogP contribution in [0.2, 0.25) is 0 Å². The topological polar surface area (TPSA) is 99.8 Å². The fourth-order valence-electron chi connectivity index (χ4n) is 4.92. The molecule has 8 nitrogen and oxygen atoms in total. The molecule has 2 fully saturated rings. The number of piperidine rings is 1. The van der Waals surface area contributed by atoms with Crippen LogP contribution in [0.15, 0.2) is 40.9 Å². The van der Waals surface area contributed by atoms with Crippen LogP contribution in [-0.4, -0.2) is 62.5 Å². The molecule has 2 aromatic carbocycles. The summed E-state index contributed by atoms with van der Waals surface area (Å²) in [6, 6.07) is 10.4. The number of hydrogen-bond acceptors (Lipinski definition) is 6. The lowest BCUT2D eigenvalue weighted by Gasteiger charge is -2.35. The Hall–Kier alpha value is -3.42. The number of aryl methyl sites for hydroxylation is 1. The molecule has 2 amide bonds. The number of likely N-dealkylation sites (tertiary alicyclic amines) is 2. The second kappa shape index (κ2) is 8.26. The molecule has 0 saturated carbocycles. The van der Waals surface area contributed by atoms with Gasteiger partial charge in [0.05, 0.1) is 11.5 Å². The highest BCUT2D eigenvalue weighted by atomic mass is 16.5. The van der Waals surface area contributed by atoms with E-state index in [9.17, 15) is 14.7 Å². The average molecular weight is 434 g/mol. The van der Waals surface area contributed by atoms with Gasteiger partial charge in [0.2, 0.25) is 11.8 Å². The van der Waals surface area contributed by atoms with Gasteiger partial charge in [-0.2, -0.15) is 4.98 Å². The van der Waals surface area contributed by atoms with Crippen molar-refractivity contribution >= 4 is 22.6 Å². The SMILES string of the molecule is Cc1noc(C2CCCN(C(=O)C3CCCN3C(=O)c3ccc4ccccc4c3O)C2)n1. The molecule has 2 saturated heterocycles. The van der Waals surface area contributed by atoms with E-state index in [0.29, 0.717) is 43.2 Å². The zero-order chi connectivity index (χ0) is 22.2. The molecular weight excluding hydrogens is 408 g/mol. The minimum atomic E-state index is -0.517. The summed E-state index contributed by atoms with van der Waals surface area (Å²) in [7, 11) is 0. The van der Waals surface area contributed by atoms with Gasteiger partial charge in [-0.1, -0.05) is 35.5 Å². The van der Waals surface area contributed by atoms with E-state index in [1.165, 1.54) is 0 Å². The molecule has 2 aliphatic rings. The van der Waals surface area contributed by atoms with Crippen LogP contribution in [0.3, 0.4) is 0 Å². The van der Waals surface area contributed by atoms with Crippen LogP contribution in [0.1, 0.15) is 53.7 Å². The first-order valence-corrected chi connectivity index (χ1v) is 11.1. The Bertz CT molecular complexity index is 1170. The Morgan fingerprint density at radius 3 is 2.72 bits per heavy atom. The molecule has 8 heteroatoms. The number of aromatic hydroxyl groups is 1. The molecule has 5 rings (SSSR count). The smallest absolute Gasteiger partial charge is 0.258 e. The third kappa shape index (κ3) is 3.59. The van der Waals surface area contributed by atoms with E-state index in [4.69, 9.17) is 4.52 Å². The number of hydrogen-bond donors (Lipinski definition) is 1. The van der Waals surface area contributed by atoms with Crippen LogP contribution in [-0.2, 0) is 4.79 Å². The molecule has 32 heavy (non-hydrogen) atoms. The molecule has 2 atom stereocenters. The molecule has 1 N–H and O–H groups in total. The monoisotopic (exact) mass is 434 g/mol. The number of carbonyl (C=O) groups is 2. The second-order valence-corrected chi connectivity index (χ2v) is 8.64. The Labute approximate surface area is 185 Å². The zero-order valence-electron chi connectivity index (χ0n) is 18.0. The van der Waals surface area contributed by atoms with Crippen LogP contribution < -0.4 is 0 Å². The molecule has 2 unspecified atom stereocenters. The number of amides is 2. The van der Waals surface area contributed by atoms with Crippen molar-refractivity contribution in [2.45, 2.75) is 44.6 Å². The summed E-state index contributed by atoms with van der Waals surface area (Å²) >= 11 is 0. The molecule has 0 bridgehead atoms. The van der Waals surface area contributed by atoms with Gasteiger partial charge in [0.1, 0.15) is 11.8 Å². The predicted octanol–water partition coefficient (Wildman–Crippen LogP) is 3.25. The fourth-order valence-corrected chi connectivity index (χ4v) is 4.92. The van der Waals surface area contributed by atoms with Crippen LogP contribution >= 0.6 is 0 Å². The highest BCUT2D eigenvalue weighted by Crippen LogP contribution is 2.33. The van der Waals surface area contributed by atoms with E-state index in [0.717, 1.165) is 24.6 Å². The standard InChI is InChI=1S/C24H26N4O4/c1-15-25-22(32-26-15)17-7-4-12-27(14-17)24(31)20-9-5-13-28(20)23(30)19-11-10-16-6-2-3-8-18(16)21(19)29/h2-3,6,8,10-11,17,20,29H,4-5,7,9,12-14H2,1H3. The van der Waals surface area contributed by atoms with Crippen molar-refractivity contribution in [3.63, 3.8) is 0 Å². The van der Waals surface area contributed by atoms with Crippen molar-refractivity contribution < 1.29 is 19.2 Å². The lowest BCUT2D eigenvalue weighted by molar-refractivity contribution is -0.136. The van der Waals surface area contributed by atoms with E-state index in [1.54, 1.807) is 24.0 Å². The van der Waals surface area contributed by atoms with Crippen molar-refractivity contribution in [2.24, 2.45) is 0 Å². The van der Waals surface area contributed by atoms with Crippen molar-refractivity contribution in [2.75, 3.05) is 19.6 Å². The first kappa shape index (κ1) is 20.5. The van der Waals surface area contributed by atoms with Crippen LogP contribution in [0.25, 0.3) is 10.8 Å². The maximum absolute atomic E-state index is 13.4. The Morgan fingerprint density at radius 2 is 1.91 bits per heavy atom. The maximum atomic E-state index is 13.4. The Kier molecular flexibility index (Phi) is 5.28. The van der Waals surface area contributed by atoms with Crippen molar-refractivity contribution in [3.8, 4) is 5.75 Å². The number of aromatic nitrogens is 2. The summed E-state index contributed by atoms with van der Waals surface area (Å²) in [5, 5.41) is 16.1. The number of nitrogens with zero attached hydrogens (tertiary/aromatic N) is 4. The molecule has 3 aromatic rings. The molecule has 2 aliphatic heterocycles. The van der Waals surface area contributed by atoms with E-state index >= 15 is 0 Å². The molecule has 166 valence electrons. The minimum Gasteiger partial charge on any atom is -0.506 e. The summed E-state index contributed by atoms with van der Waals surface area (Å²) in [4.78, 5) is 34.6. The second-order valence-electron chi connectivity index (χ2n) is 8.64. The molecule has 1 aromatic heterocycles. The molecule has 0 spiro atoms. The number of rotatable bonds is 3. The lowest BCUT2D eigenvalue weighted by atomic mass is 9.97. The summed E-state index contributed by atoms with van der Waals surface area (Å²) in [6.07, 6.45) is 3.13. The third-order valence-electron chi connectivity index (χ3n) is 6.56. The first-order chi connectivity index (χ1) is 15.5. The average Bonchev–Trinajstić information content (AvgIpc) is 3.48. The van der Waals surface area contributed by atoms with Gasteiger partial charge in [-0.25, -0.2) is 0 Å². The minimum absolute atomic E-state index is 0.0176. The maximum Gasteiger partial charge on any atom is 0.258 e. The third-order valence-corrected chi connectivity index (χ3v) is 6.56. The quantitative estimate of drug-likeness (QED) is 0.679. The number of fused-ring (bicyclic) bond motifs is 1. The van der Waals surface area contributed by atoms with Gasteiger partial charge in [-0.3, -0.25) is 9.59 Å². The molecular formula is C24H26N4O4. The number of carbonyl (C=O) groups excluding carboxylic acids is 2. The summed E-state index contributed by atoms with van der Waals surface area (Å²) in [5.74, 6) is 0.800. The fraction of sp³-hybridized carbons (Fsp3) is 0.417. The van der Waals surface area contributed by atoms with Gasteiger partial charge in [0, 0.05) is 25.0 Å². The van der Waals surface area contributed by atoms with Gasteiger partial charge in [-0.15, -0.1) is 0 Å². The van der Waals surface area contributed by atoms with Gasteiger partial charge in [0.25, 0.3) is 5.91 Å². The predicted molar refractivity (Wildman–Crippen MR) is 117 cm³/mol. The summed E-state index contributed by atoms with van der Waals surface area (Å²) < 4.78 is 5.33. The van der Waals surface area contributed by atoms with E-state index < -0.39 is 6.04 Å². The van der Waals surface area contributed by atoms with Gasteiger partial charge in [0.15, 0.2) is 5.82 Å². The van der Waals surface area contributed by atoms with Gasteiger partial charge >= 0.3 is 0 Å². The van der Waals surface area contributed by atoms with E-state index in [2.05, 4.69) is 10.1 Å². The molecule has 3 heterocycles. The largest absolute Gasteiger partial charge is 0.506 e. The summed E-state index contributed by atoms with van der Waals surface area (Å²) in [6.45, 7) is 3.45.